The number of hydrogen-bond donors (Lipinski definition) is 1. The van der Waals surface area contributed by atoms with Crippen LogP contribution in [0.1, 0.15) is 45.1 Å². The number of carbonyl (C=O) groups is 1. The zero-order valence-corrected chi connectivity index (χ0v) is 14.4. The minimum Gasteiger partial charge on any atom is -0.273 e. The number of hydrogen-bond acceptors (Lipinski definition) is 2. The molecule has 0 saturated heterocycles. The summed E-state index contributed by atoms with van der Waals surface area (Å²) in [6.45, 7) is 4.23. The van der Waals surface area contributed by atoms with E-state index in [-0.39, 0.29) is 17.2 Å². The summed E-state index contributed by atoms with van der Waals surface area (Å²) in [5.74, 6) is 0.826. The van der Waals surface area contributed by atoms with Crippen LogP contribution < -0.4 is 5.43 Å². The lowest BCUT2D eigenvalue weighted by molar-refractivity contribution is -0.123. The average Bonchev–Trinajstić information content (AvgIpc) is 3.24. The summed E-state index contributed by atoms with van der Waals surface area (Å²) < 4.78 is 0. The molecule has 3 heteroatoms. The zero-order chi connectivity index (χ0) is 16.7. The Morgan fingerprint density at radius 1 is 1.17 bits per heavy atom. The minimum absolute atomic E-state index is 0.101. The SMILES string of the molecule is C/C(=N/NC(=O)[C@@H]1[C@@H]2CCCC[C@]12C)c1cccc2ccccc12. The molecule has 2 aromatic carbocycles. The van der Waals surface area contributed by atoms with Crippen LogP contribution in [0.5, 0.6) is 0 Å². The third-order valence-corrected chi connectivity index (χ3v) is 6.13. The largest absolute Gasteiger partial charge is 0.273 e. The number of carbonyl (C=O) groups excluding carboxylic acids is 1. The lowest BCUT2D eigenvalue weighted by atomic mass is 9.90. The van der Waals surface area contributed by atoms with Gasteiger partial charge in [-0.25, -0.2) is 5.43 Å². The fourth-order valence-electron chi connectivity index (χ4n) is 4.66. The van der Waals surface area contributed by atoms with Gasteiger partial charge in [-0.05, 0) is 41.9 Å². The van der Waals surface area contributed by atoms with E-state index in [1.807, 2.05) is 25.1 Å². The molecule has 124 valence electrons. The second-order valence-electron chi connectivity index (χ2n) is 7.54. The van der Waals surface area contributed by atoms with Crippen LogP contribution in [0.25, 0.3) is 10.8 Å². The second-order valence-corrected chi connectivity index (χ2v) is 7.54. The molecule has 24 heavy (non-hydrogen) atoms. The highest BCUT2D eigenvalue weighted by atomic mass is 16.2. The van der Waals surface area contributed by atoms with E-state index in [1.54, 1.807) is 0 Å². The maximum atomic E-state index is 12.6. The number of nitrogens with zero attached hydrogens (tertiary/aromatic N) is 1. The number of benzene rings is 2. The monoisotopic (exact) mass is 320 g/mol. The second kappa shape index (κ2) is 5.73. The number of hydrazone groups is 1. The van der Waals surface area contributed by atoms with Gasteiger partial charge in [-0.3, -0.25) is 4.79 Å². The molecule has 2 aliphatic carbocycles. The smallest absolute Gasteiger partial charge is 0.244 e. The van der Waals surface area contributed by atoms with E-state index in [1.165, 1.54) is 36.5 Å². The first kappa shape index (κ1) is 15.4. The molecule has 2 fully saturated rings. The predicted octanol–water partition coefficient (Wildman–Crippen LogP) is 4.51. The molecular formula is C21H24N2O. The van der Waals surface area contributed by atoms with E-state index in [2.05, 4.69) is 41.7 Å². The van der Waals surface area contributed by atoms with Crippen molar-refractivity contribution in [3.8, 4) is 0 Å². The molecule has 2 aromatic rings. The van der Waals surface area contributed by atoms with E-state index < -0.39 is 0 Å². The summed E-state index contributed by atoms with van der Waals surface area (Å²) in [6, 6.07) is 14.5. The Hall–Kier alpha value is -2.16. The van der Waals surface area contributed by atoms with Gasteiger partial charge in [0.15, 0.2) is 0 Å². The minimum atomic E-state index is 0.101. The quantitative estimate of drug-likeness (QED) is 0.656. The van der Waals surface area contributed by atoms with Crippen molar-refractivity contribution in [3.05, 3.63) is 48.0 Å². The third-order valence-electron chi connectivity index (χ3n) is 6.13. The van der Waals surface area contributed by atoms with E-state index in [4.69, 9.17) is 0 Å². The Bertz CT molecular complexity index is 820. The number of fused-ring (bicyclic) bond motifs is 2. The lowest BCUT2D eigenvalue weighted by Crippen LogP contribution is -2.23. The van der Waals surface area contributed by atoms with Crippen LogP contribution in [-0.2, 0) is 4.79 Å². The molecule has 2 aliphatic rings. The molecule has 1 amide bonds. The molecule has 0 aliphatic heterocycles. The summed E-state index contributed by atoms with van der Waals surface area (Å²) in [5, 5.41) is 6.77. The van der Waals surface area contributed by atoms with E-state index in [9.17, 15) is 4.79 Å². The molecule has 4 rings (SSSR count). The summed E-state index contributed by atoms with van der Waals surface area (Å²) in [5.41, 5.74) is 5.00. The Labute approximate surface area is 143 Å². The van der Waals surface area contributed by atoms with Gasteiger partial charge >= 0.3 is 0 Å². The van der Waals surface area contributed by atoms with Crippen LogP contribution in [-0.4, -0.2) is 11.6 Å². The van der Waals surface area contributed by atoms with Gasteiger partial charge < -0.3 is 0 Å². The van der Waals surface area contributed by atoms with Crippen molar-refractivity contribution >= 4 is 22.4 Å². The van der Waals surface area contributed by atoms with Gasteiger partial charge in [0.2, 0.25) is 5.91 Å². The molecule has 0 heterocycles. The molecule has 3 atom stereocenters. The van der Waals surface area contributed by atoms with Crippen LogP contribution in [0.15, 0.2) is 47.6 Å². The van der Waals surface area contributed by atoms with Crippen molar-refractivity contribution in [1.29, 1.82) is 0 Å². The van der Waals surface area contributed by atoms with Crippen molar-refractivity contribution in [3.63, 3.8) is 0 Å². The van der Waals surface area contributed by atoms with Crippen LogP contribution >= 0.6 is 0 Å². The predicted molar refractivity (Wildman–Crippen MR) is 97.9 cm³/mol. The Kier molecular flexibility index (Phi) is 3.67. The first-order chi connectivity index (χ1) is 11.6. The molecule has 0 radical (unpaired) electrons. The number of nitrogens with one attached hydrogen (secondary N) is 1. The highest BCUT2D eigenvalue weighted by Gasteiger charge is 2.64. The van der Waals surface area contributed by atoms with Gasteiger partial charge in [-0.2, -0.15) is 5.10 Å². The van der Waals surface area contributed by atoms with Gasteiger partial charge in [0.05, 0.1) is 5.71 Å². The Balaban J connectivity index is 1.52. The molecule has 0 spiro atoms. The summed E-state index contributed by atoms with van der Waals surface area (Å²) in [6.07, 6.45) is 4.90. The van der Waals surface area contributed by atoms with Crippen molar-refractivity contribution in [2.45, 2.75) is 39.5 Å². The molecule has 1 N–H and O–H groups in total. The standard InChI is InChI=1S/C21H24N2O/c1-14(16-11-7-9-15-8-3-4-10-17(15)16)22-23-20(24)19-18-12-5-6-13-21(18,19)2/h3-4,7-11,18-19H,5-6,12-13H2,1-2H3,(H,23,24)/b22-14-/t18-,19-,21-/m0/s1. The summed E-state index contributed by atoms with van der Waals surface area (Å²) in [4.78, 5) is 12.6. The van der Waals surface area contributed by atoms with Gasteiger partial charge in [0, 0.05) is 11.5 Å². The third kappa shape index (κ3) is 2.43. The molecule has 0 bridgehead atoms. The fourth-order valence-corrected chi connectivity index (χ4v) is 4.66. The fraction of sp³-hybridized carbons (Fsp3) is 0.429. The molecule has 0 aromatic heterocycles. The highest BCUT2D eigenvalue weighted by molar-refractivity contribution is 6.10. The van der Waals surface area contributed by atoms with Crippen molar-refractivity contribution < 1.29 is 4.79 Å². The number of amides is 1. The van der Waals surface area contributed by atoms with Crippen molar-refractivity contribution in [2.75, 3.05) is 0 Å². The van der Waals surface area contributed by atoms with E-state index >= 15 is 0 Å². The van der Waals surface area contributed by atoms with Crippen molar-refractivity contribution in [1.82, 2.24) is 5.43 Å². The van der Waals surface area contributed by atoms with E-state index in [0.717, 1.165) is 11.3 Å². The van der Waals surface area contributed by atoms with Gasteiger partial charge in [-0.1, -0.05) is 62.2 Å². The van der Waals surface area contributed by atoms with Crippen LogP contribution in [0.2, 0.25) is 0 Å². The zero-order valence-electron chi connectivity index (χ0n) is 14.4. The first-order valence-corrected chi connectivity index (χ1v) is 8.93. The topological polar surface area (TPSA) is 41.5 Å². The van der Waals surface area contributed by atoms with Gasteiger partial charge in [0.25, 0.3) is 0 Å². The van der Waals surface area contributed by atoms with Crippen LogP contribution in [0.3, 0.4) is 0 Å². The van der Waals surface area contributed by atoms with Gasteiger partial charge in [0.1, 0.15) is 0 Å². The lowest BCUT2D eigenvalue weighted by Gasteiger charge is -2.15. The molecule has 0 unspecified atom stereocenters. The Morgan fingerprint density at radius 3 is 2.75 bits per heavy atom. The maximum Gasteiger partial charge on any atom is 0.244 e. The average molecular weight is 320 g/mol. The molecule has 2 saturated carbocycles. The summed E-state index contributed by atoms with van der Waals surface area (Å²) in [7, 11) is 0. The first-order valence-electron chi connectivity index (χ1n) is 8.93. The van der Waals surface area contributed by atoms with Crippen LogP contribution in [0, 0.1) is 17.3 Å². The van der Waals surface area contributed by atoms with E-state index in [0.29, 0.717) is 5.92 Å². The normalized spacial score (nSPS) is 29.2. The molecule has 3 nitrogen and oxygen atoms in total. The van der Waals surface area contributed by atoms with Crippen LogP contribution in [0.4, 0.5) is 0 Å². The summed E-state index contributed by atoms with van der Waals surface area (Å²) >= 11 is 0. The van der Waals surface area contributed by atoms with Gasteiger partial charge in [-0.15, -0.1) is 0 Å². The maximum absolute atomic E-state index is 12.6. The molecular weight excluding hydrogens is 296 g/mol. The highest BCUT2D eigenvalue weighted by Crippen LogP contribution is 2.66. The van der Waals surface area contributed by atoms with Crippen molar-refractivity contribution in [2.24, 2.45) is 22.4 Å². The number of rotatable bonds is 3. The Morgan fingerprint density at radius 2 is 1.96 bits per heavy atom.